The van der Waals surface area contributed by atoms with Gasteiger partial charge in [-0.15, -0.1) is 0 Å². The minimum Gasteiger partial charge on any atom is -0.380 e. The van der Waals surface area contributed by atoms with Crippen LogP contribution in [0.1, 0.15) is 57.8 Å². The highest BCUT2D eigenvalue weighted by Crippen LogP contribution is 2.39. The molecule has 1 nitrogen and oxygen atoms in total. The molecule has 0 heterocycles. The molecule has 3 rings (SSSR count). The van der Waals surface area contributed by atoms with E-state index in [4.69, 9.17) is 11.6 Å². The van der Waals surface area contributed by atoms with Crippen LogP contribution in [0.15, 0.2) is 18.2 Å². The third-order valence-corrected chi connectivity index (χ3v) is 5.58. The average molecular weight is 310 g/mol. The molecule has 2 unspecified atom stereocenters. The molecule has 0 aromatic heterocycles. The first-order chi connectivity index (χ1) is 10.2. The molecular formula is C18H25ClFN. The Kier molecular flexibility index (Phi) is 5.05. The first kappa shape index (κ1) is 15.1. The SMILES string of the molecule is Fc1ccc(Cl)cc1NC1CCCCC1C1CCCCC1. The van der Waals surface area contributed by atoms with Crippen molar-refractivity contribution in [1.29, 1.82) is 0 Å². The zero-order valence-corrected chi connectivity index (χ0v) is 13.3. The second kappa shape index (κ2) is 7.00. The maximum Gasteiger partial charge on any atom is 0.146 e. The predicted octanol–water partition coefficient (Wildman–Crippen LogP) is 6.03. The molecule has 116 valence electrons. The molecule has 0 spiro atoms. The highest BCUT2D eigenvalue weighted by atomic mass is 35.5. The molecule has 1 N–H and O–H groups in total. The number of rotatable bonds is 3. The number of nitrogens with one attached hydrogen (secondary N) is 1. The van der Waals surface area contributed by atoms with Gasteiger partial charge in [0.2, 0.25) is 0 Å². The van der Waals surface area contributed by atoms with Crippen molar-refractivity contribution >= 4 is 17.3 Å². The van der Waals surface area contributed by atoms with Gasteiger partial charge in [-0.3, -0.25) is 0 Å². The van der Waals surface area contributed by atoms with E-state index in [0.29, 0.717) is 22.7 Å². The van der Waals surface area contributed by atoms with Gasteiger partial charge in [0.05, 0.1) is 5.69 Å². The Balaban J connectivity index is 1.73. The van der Waals surface area contributed by atoms with Gasteiger partial charge in [0.25, 0.3) is 0 Å². The first-order valence-corrected chi connectivity index (χ1v) is 8.83. The van der Waals surface area contributed by atoms with Gasteiger partial charge in [0.15, 0.2) is 0 Å². The third-order valence-electron chi connectivity index (χ3n) is 5.34. The van der Waals surface area contributed by atoms with Gasteiger partial charge in [0.1, 0.15) is 5.82 Å². The van der Waals surface area contributed by atoms with Gasteiger partial charge >= 0.3 is 0 Å². The number of benzene rings is 1. The van der Waals surface area contributed by atoms with Crippen LogP contribution in [-0.4, -0.2) is 6.04 Å². The molecule has 0 radical (unpaired) electrons. The summed E-state index contributed by atoms with van der Waals surface area (Å²) in [7, 11) is 0. The van der Waals surface area contributed by atoms with Gasteiger partial charge < -0.3 is 5.32 Å². The van der Waals surface area contributed by atoms with E-state index in [2.05, 4.69) is 5.32 Å². The average Bonchev–Trinajstić information content (AvgIpc) is 2.52. The molecule has 2 aliphatic carbocycles. The standard InChI is InChI=1S/C18H25ClFN/c19-14-10-11-16(20)18(12-14)21-17-9-5-4-8-15(17)13-6-2-1-3-7-13/h10-13,15,17,21H,1-9H2. The lowest BCUT2D eigenvalue weighted by Crippen LogP contribution is -2.37. The van der Waals surface area contributed by atoms with E-state index in [1.807, 2.05) is 0 Å². The van der Waals surface area contributed by atoms with Crippen LogP contribution in [0.5, 0.6) is 0 Å². The van der Waals surface area contributed by atoms with Crippen LogP contribution in [-0.2, 0) is 0 Å². The Morgan fingerprint density at radius 1 is 0.952 bits per heavy atom. The minimum absolute atomic E-state index is 0.188. The van der Waals surface area contributed by atoms with E-state index < -0.39 is 0 Å². The Labute approximate surface area is 132 Å². The molecule has 21 heavy (non-hydrogen) atoms. The molecule has 1 aromatic carbocycles. The maximum atomic E-state index is 14.0. The van der Waals surface area contributed by atoms with E-state index in [9.17, 15) is 4.39 Å². The summed E-state index contributed by atoms with van der Waals surface area (Å²) < 4.78 is 14.0. The third kappa shape index (κ3) is 3.71. The summed E-state index contributed by atoms with van der Waals surface area (Å²) in [5.41, 5.74) is 0.579. The van der Waals surface area contributed by atoms with Crippen LogP contribution in [0.3, 0.4) is 0 Å². The van der Waals surface area contributed by atoms with Gasteiger partial charge in [-0.2, -0.15) is 0 Å². The zero-order valence-electron chi connectivity index (χ0n) is 12.6. The maximum absolute atomic E-state index is 14.0. The van der Waals surface area contributed by atoms with Crippen molar-refractivity contribution in [3.05, 3.63) is 29.0 Å². The number of hydrogen-bond donors (Lipinski definition) is 1. The summed E-state index contributed by atoms with van der Waals surface area (Å²) in [6, 6.07) is 5.21. The van der Waals surface area contributed by atoms with Crippen molar-refractivity contribution in [3.8, 4) is 0 Å². The molecule has 1 aromatic rings. The summed E-state index contributed by atoms with van der Waals surface area (Å²) in [4.78, 5) is 0. The molecule has 2 aliphatic rings. The molecular weight excluding hydrogens is 285 g/mol. The number of hydrogen-bond acceptors (Lipinski definition) is 1. The van der Waals surface area contributed by atoms with Crippen LogP contribution >= 0.6 is 11.6 Å². The summed E-state index contributed by atoms with van der Waals surface area (Å²) in [6.45, 7) is 0. The van der Waals surface area contributed by atoms with Crippen LogP contribution < -0.4 is 5.32 Å². The lowest BCUT2D eigenvalue weighted by molar-refractivity contribution is 0.180. The van der Waals surface area contributed by atoms with E-state index in [1.54, 1.807) is 12.1 Å². The lowest BCUT2D eigenvalue weighted by atomic mass is 9.71. The molecule has 0 amide bonds. The summed E-state index contributed by atoms with van der Waals surface area (Å²) in [5, 5.41) is 4.08. The molecule has 0 bridgehead atoms. The number of anilines is 1. The molecule has 3 heteroatoms. The quantitative estimate of drug-likeness (QED) is 0.718. The molecule has 0 saturated heterocycles. The molecule has 0 aliphatic heterocycles. The highest BCUT2D eigenvalue weighted by Gasteiger charge is 2.32. The topological polar surface area (TPSA) is 12.0 Å². The number of halogens is 2. The van der Waals surface area contributed by atoms with Gasteiger partial charge in [-0.05, 0) is 42.9 Å². The second-order valence-corrected chi connectivity index (χ2v) is 7.16. The Morgan fingerprint density at radius 2 is 1.67 bits per heavy atom. The zero-order chi connectivity index (χ0) is 14.7. The second-order valence-electron chi connectivity index (χ2n) is 6.72. The Morgan fingerprint density at radius 3 is 2.48 bits per heavy atom. The van der Waals surface area contributed by atoms with Gasteiger partial charge in [0, 0.05) is 11.1 Å². The van der Waals surface area contributed by atoms with Crippen LogP contribution in [0.25, 0.3) is 0 Å². The minimum atomic E-state index is -0.188. The van der Waals surface area contributed by atoms with Crippen LogP contribution in [0.4, 0.5) is 10.1 Å². The van der Waals surface area contributed by atoms with Crippen molar-refractivity contribution < 1.29 is 4.39 Å². The molecule has 2 atom stereocenters. The van der Waals surface area contributed by atoms with E-state index in [1.165, 1.54) is 57.4 Å². The Bertz CT molecular complexity index is 470. The normalized spacial score (nSPS) is 27.5. The highest BCUT2D eigenvalue weighted by molar-refractivity contribution is 6.30. The monoisotopic (exact) mass is 309 g/mol. The van der Waals surface area contributed by atoms with E-state index >= 15 is 0 Å². The molecule has 2 fully saturated rings. The van der Waals surface area contributed by atoms with E-state index in [0.717, 1.165) is 12.3 Å². The van der Waals surface area contributed by atoms with Gasteiger partial charge in [-0.1, -0.05) is 56.5 Å². The van der Waals surface area contributed by atoms with Crippen molar-refractivity contribution in [2.24, 2.45) is 11.8 Å². The van der Waals surface area contributed by atoms with Crippen LogP contribution in [0.2, 0.25) is 5.02 Å². The predicted molar refractivity (Wildman–Crippen MR) is 87.4 cm³/mol. The van der Waals surface area contributed by atoms with Crippen molar-refractivity contribution in [2.75, 3.05) is 5.32 Å². The summed E-state index contributed by atoms with van der Waals surface area (Å²) in [6.07, 6.45) is 11.9. The summed E-state index contributed by atoms with van der Waals surface area (Å²) in [5.74, 6) is 1.35. The van der Waals surface area contributed by atoms with Gasteiger partial charge in [-0.25, -0.2) is 4.39 Å². The fourth-order valence-corrected chi connectivity index (χ4v) is 4.45. The fraction of sp³-hybridized carbons (Fsp3) is 0.667. The molecule has 2 saturated carbocycles. The lowest BCUT2D eigenvalue weighted by Gasteiger charge is -2.40. The summed E-state index contributed by atoms with van der Waals surface area (Å²) >= 11 is 6.01. The Hall–Kier alpha value is -0.760. The van der Waals surface area contributed by atoms with Crippen LogP contribution in [0, 0.1) is 17.7 Å². The smallest absolute Gasteiger partial charge is 0.146 e. The fourth-order valence-electron chi connectivity index (χ4n) is 4.27. The first-order valence-electron chi connectivity index (χ1n) is 8.45. The van der Waals surface area contributed by atoms with Crippen molar-refractivity contribution in [1.82, 2.24) is 0 Å². The van der Waals surface area contributed by atoms with Crippen molar-refractivity contribution in [3.63, 3.8) is 0 Å². The van der Waals surface area contributed by atoms with Crippen molar-refractivity contribution in [2.45, 2.75) is 63.8 Å². The van der Waals surface area contributed by atoms with E-state index in [-0.39, 0.29) is 5.82 Å². The largest absolute Gasteiger partial charge is 0.380 e.